The molecule has 1 aliphatic heterocycles. The van der Waals surface area contributed by atoms with Gasteiger partial charge in [-0.15, -0.1) is 11.6 Å². The van der Waals surface area contributed by atoms with Gasteiger partial charge in [-0.2, -0.15) is 0 Å². The van der Waals surface area contributed by atoms with Crippen LogP contribution in [0.15, 0.2) is 42.5 Å². The maximum Gasteiger partial charge on any atom is 0.0646 e. The summed E-state index contributed by atoms with van der Waals surface area (Å²) in [5, 5.41) is 0.770. The molecule has 1 unspecified atom stereocenters. The Hall–Kier alpha value is -1.18. The summed E-state index contributed by atoms with van der Waals surface area (Å²) in [6, 6.07) is 14.7. The molecule has 0 fully saturated rings. The van der Waals surface area contributed by atoms with Gasteiger partial charge in [-0.25, -0.2) is 0 Å². The molecule has 0 radical (unpaired) electrons. The molecule has 0 bridgehead atoms. The Bertz CT molecular complexity index is 624. The topological polar surface area (TPSA) is 3.24 Å². The number of nitrogens with zero attached hydrogens (tertiary/aromatic N) is 1. The number of anilines is 2. The fourth-order valence-corrected chi connectivity index (χ4v) is 3.35. The van der Waals surface area contributed by atoms with E-state index in [1.54, 1.807) is 0 Å². The van der Waals surface area contributed by atoms with E-state index in [2.05, 4.69) is 48.2 Å². The summed E-state index contributed by atoms with van der Waals surface area (Å²) in [7, 11) is 0. The standard InChI is InChI=1S/C17H17Cl2N/c1-12-8-14-4-2-3-5-16(14)20(11-12)17-7-6-13(10-18)9-15(17)19/h2-7,9,12H,8,10-11H2,1H3. The lowest BCUT2D eigenvalue weighted by Crippen LogP contribution is -2.30. The summed E-state index contributed by atoms with van der Waals surface area (Å²) >= 11 is 12.3. The van der Waals surface area contributed by atoms with Crippen LogP contribution in [0.3, 0.4) is 0 Å². The van der Waals surface area contributed by atoms with Gasteiger partial charge in [0.1, 0.15) is 0 Å². The molecular weight excluding hydrogens is 289 g/mol. The lowest BCUT2D eigenvalue weighted by molar-refractivity contribution is 0.562. The predicted octanol–water partition coefficient (Wildman–Crippen LogP) is 5.41. The lowest BCUT2D eigenvalue weighted by atomic mass is 9.93. The third-order valence-electron chi connectivity index (χ3n) is 3.80. The molecule has 3 rings (SSSR count). The van der Waals surface area contributed by atoms with Crippen LogP contribution >= 0.6 is 23.2 Å². The highest BCUT2D eigenvalue weighted by molar-refractivity contribution is 6.33. The van der Waals surface area contributed by atoms with E-state index in [1.165, 1.54) is 11.3 Å². The van der Waals surface area contributed by atoms with Crippen molar-refractivity contribution in [3.05, 3.63) is 58.6 Å². The second-order valence-corrected chi connectivity index (χ2v) is 6.14. The maximum atomic E-state index is 6.46. The van der Waals surface area contributed by atoms with Crippen LogP contribution in [0.4, 0.5) is 11.4 Å². The second-order valence-electron chi connectivity index (χ2n) is 5.47. The molecule has 3 heteroatoms. The molecule has 0 amide bonds. The van der Waals surface area contributed by atoms with Gasteiger partial charge in [0.2, 0.25) is 0 Å². The van der Waals surface area contributed by atoms with Crippen molar-refractivity contribution in [2.24, 2.45) is 5.92 Å². The van der Waals surface area contributed by atoms with Crippen LogP contribution in [0, 0.1) is 5.92 Å². The molecule has 20 heavy (non-hydrogen) atoms. The summed E-state index contributed by atoms with van der Waals surface area (Å²) in [6.07, 6.45) is 1.13. The Morgan fingerprint density at radius 2 is 1.95 bits per heavy atom. The number of hydrogen-bond acceptors (Lipinski definition) is 1. The molecule has 0 saturated carbocycles. The van der Waals surface area contributed by atoms with E-state index in [1.807, 2.05) is 6.07 Å². The summed E-state index contributed by atoms with van der Waals surface area (Å²) in [5.41, 5.74) is 4.79. The van der Waals surface area contributed by atoms with Crippen molar-refractivity contribution in [2.45, 2.75) is 19.2 Å². The van der Waals surface area contributed by atoms with Crippen LogP contribution in [0.1, 0.15) is 18.1 Å². The number of fused-ring (bicyclic) bond motifs is 1. The molecule has 104 valence electrons. The van der Waals surface area contributed by atoms with Crippen molar-refractivity contribution >= 4 is 34.6 Å². The maximum absolute atomic E-state index is 6.46. The van der Waals surface area contributed by atoms with Crippen LogP contribution < -0.4 is 4.90 Å². The highest BCUT2D eigenvalue weighted by atomic mass is 35.5. The van der Waals surface area contributed by atoms with E-state index in [9.17, 15) is 0 Å². The molecule has 0 aromatic heterocycles. The molecule has 1 atom stereocenters. The fourth-order valence-electron chi connectivity index (χ4n) is 2.88. The van der Waals surface area contributed by atoms with Crippen molar-refractivity contribution in [3.8, 4) is 0 Å². The first-order valence-corrected chi connectivity index (χ1v) is 7.80. The van der Waals surface area contributed by atoms with Crippen LogP contribution in [0.2, 0.25) is 5.02 Å². The Labute approximate surface area is 130 Å². The highest BCUT2D eigenvalue weighted by Crippen LogP contribution is 2.38. The minimum Gasteiger partial charge on any atom is -0.340 e. The third-order valence-corrected chi connectivity index (χ3v) is 4.41. The van der Waals surface area contributed by atoms with Gasteiger partial charge in [0.15, 0.2) is 0 Å². The smallest absolute Gasteiger partial charge is 0.0646 e. The van der Waals surface area contributed by atoms with Crippen molar-refractivity contribution in [1.82, 2.24) is 0 Å². The second kappa shape index (κ2) is 5.67. The van der Waals surface area contributed by atoms with E-state index < -0.39 is 0 Å². The zero-order valence-electron chi connectivity index (χ0n) is 11.4. The number of halogens is 2. The summed E-state index contributed by atoms with van der Waals surface area (Å²) in [4.78, 5) is 2.32. The molecule has 0 aliphatic carbocycles. The number of benzene rings is 2. The SMILES string of the molecule is CC1Cc2ccccc2N(c2ccc(CCl)cc2Cl)C1. The number of hydrogen-bond donors (Lipinski definition) is 0. The minimum absolute atomic E-state index is 0.493. The molecule has 0 spiro atoms. The highest BCUT2D eigenvalue weighted by Gasteiger charge is 2.23. The Morgan fingerprint density at radius 1 is 1.15 bits per heavy atom. The molecular formula is C17H17Cl2N. The Balaban J connectivity index is 2.06. The minimum atomic E-state index is 0.493. The first-order valence-electron chi connectivity index (χ1n) is 6.89. The van der Waals surface area contributed by atoms with Crippen LogP contribution in [-0.2, 0) is 12.3 Å². The molecule has 1 nitrogen and oxygen atoms in total. The van der Waals surface area contributed by atoms with Crippen LogP contribution in [0.5, 0.6) is 0 Å². The van der Waals surface area contributed by atoms with Gasteiger partial charge in [-0.3, -0.25) is 0 Å². The third kappa shape index (κ3) is 2.53. The fraction of sp³-hybridized carbons (Fsp3) is 0.294. The van der Waals surface area contributed by atoms with Gasteiger partial charge in [-0.1, -0.05) is 42.8 Å². The number of rotatable bonds is 2. The van der Waals surface area contributed by atoms with Crippen molar-refractivity contribution in [1.29, 1.82) is 0 Å². The number of alkyl halides is 1. The lowest BCUT2D eigenvalue weighted by Gasteiger charge is -2.35. The van der Waals surface area contributed by atoms with E-state index in [0.29, 0.717) is 11.8 Å². The van der Waals surface area contributed by atoms with Gasteiger partial charge >= 0.3 is 0 Å². The van der Waals surface area contributed by atoms with Gasteiger partial charge in [0, 0.05) is 18.1 Å². The zero-order valence-corrected chi connectivity index (χ0v) is 13.0. The van der Waals surface area contributed by atoms with Gasteiger partial charge in [0.05, 0.1) is 10.7 Å². The summed E-state index contributed by atoms with van der Waals surface area (Å²) in [5.74, 6) is 1.11. The monoisotopic (exact) mass is 305 g/mol. The average Bonchev–Trinajstić information content (AvgIpc) is 2.46. The summed E-state index contributed by atoms with van der Waals surface area (Å²) < 4.78 is 0. The van der Waals surface area contributed by atoms with E-state index >= 15 is 0 Å². The Kier molecular flexibility index (Phi) is 3.91. The number of para-hydroxylation sites is 1. The first kappa shape index (κ1) is 13.8. The molecule has 2 aromatic carbocycles. The largest absolute Gasteiger partial charge is 0.340 e. The predicted molar refractivity (Wildman–Crippen MR) is 87.3 cm³/mol. The van der Waals surface area contributed by atoms with E-state index in [4.69, 9.17) is 23.2 Å². The quantitative estimate of drug-likeness (QED) is 0.671. The average molecular weight is 306 g/mol. The van der Waals surface area contributed by atoms with E-state index in [0.717, 1.165) is 29.2 Å². The summed E-state index contributed by atoms with van der Waals surface area (Å²) in [6.45, 7) is 3.28. The molecule has 0 N–H and O–H groups in total. The van der Waals surface area contributed by atoms with Crippen molar-refractivity contribution in [2.75, 3.05) is 11.4 Å². The Morgan fingerprint density at radius 3 is 2.70 bits per heavy atom. The first-order chi connectivity index (χ1) is 9.69. The molecule has 2 aromatic rings. The van der Waals surface area contributed by atoms with Crippen LogP contribution in [-0.4, -0.2) is 6.54 Å². The van der Waals surface area contributed by atoms with Crippen LogP contribution in [0.25, 0.3) is 0 Å². The van der Waals surface area contributed by atoms with Crippen molar-refractivity contribution < 1.29 is 0 Å². The normalized spacial score (nSPS) is 17.9. The molecule has 1 aliphatic rings. The molecule has 0 saturated heterocycles. The van der Waals surface area contributed by atoms with Crippen molar-refractivity contribution in [3.63, 3.8) is 0 Å². The van der Waals surface area contributed by atoms with Gasteiger partial charge < -0.3 is 4.90 Å². The van der Waals surface area contributed by atoms with Gasteiger partial charge in [0.25, 0.3) is 0 Å². The zero-order chi connectivity index (χ0) is 14.1. The molecule has 1 heterocycles. The van der Waals surface area contributed by atoms with Gasteiger partial charge in [-0.05, 0) is 41.7 Å². The van der Waals surface area contributed by atoms with E-state index in [-0.39, 0.29) is 0 Å².